The lowest BCUT2D eigenvalue weighted by Gasteiger charge is -2.28. The van der Waals surface area contributed by atoms with E-state index in [2.05, 4.69) is 0 Å². The summed E-state index contributed by atoms with van der Waals surface area (Å²) < 4.78 is 5.14. The smallest absolute Gasteiger partial charge is 0.342 e. The van der Waals surface area contributed by atoms with E-state index in [1.54, 1.807) is 0 Å². The summed E-state index contributed by atoms with van der Waals surface area (Å²) in [7, 11) is 0. The second-order valence-corrected chi connectivity index (χ2v) is 5.08. The Kier molecular flexibility index (Phi) is 4.94. The summed E-state index contributed by atoms with van der Waals surface area (Å²) in [5, 5.41) is 18.8. The molecule has 118 valence electrons. The van der Waals surface area contributed by atoms with E-state index >= 15 is 0 Å². The normalized spacial score (nSPS) is 16.1. The Balaban J connectivity index is 2.27. The lowest BCUT2D eigenvalue weighted by atomic mass is 10.0. The van der Waals surface area contributed by atoms with Crippen LogP contribution in [-0.4, -0.2) is 53.1 Å². The highest BCUT2D eigenvalue weighted by atomic mass is 35.5. The molecule has 0 aromatic heterocycles. The molecular formula is C13H13ClN2O6. The standard InChI is InChI=1S/C13H13ClN2O6/c14-11(12(17)15-3-5-22-6-4-15)8-1-2-10(16(20)21)9(7-8)13(18)19/h1-2,7,11H,3-6H2,(H,18,19). The number of carbonyl (C=O) groups excluding carboxylic acids is 1. The molecule has 0 radical (unpaired) electrons. The third-order valence-corrected chi connectivity index (χ3v) is 3.72. The molecule has 1 saturated heterocycles. The van der Waals surface area contributed by atoms with Crippen LogP contribution in [-0.2, 0) is 9.53 Å². The van der Waals surface area contributed by atoms with E-state index in [0.717, 1.165) is 12.1 Å². The molecule has 0 bridgehead atoms. The SMILES string of the molecule is O=C(O)c1cc(C(Cl)C(=O)N2CCOCC2)ccc1[N+](=O)[O-]. The van der Waals surface area contributed by atoms with E-state index < -0.39 is 27.5 Å². The van der Waals surface area contributed by atoms with Crippen LogP contribution in [0.4, 0.5) is 5.69 Å². The molecule has 8 nitrogen and oxygen atoms in total. The van der Waals surface area contributed by atoms with Gasteiger partial charge in [0.2, 0.25) is 5.91 Å². The Labute approximate surface area is 130 Å². The first-order chi connectivity index (χ1) is 10.4. The summed E-state index contributed by atoms with van der Waals surface area (Å²) >= 11 is 6.10. The van der Waals surface area contributed by atoms with Gasteiger partial charge in [0.1, 0.15) is 10.9 Å². The highest BCUT2D eigenvalue weighted by molar-refractivity contribution is 6.30. The molecule has 22 heavy (non-hydrogen) atoms. The molecule has 0 spiro atoms. The molecule has 1 amide bonds. The first-order valence-corrected chi connectivity index (χ1v) is 6.87. The van der Waals surface area contributed by atoms with Crippen LogP contribution in [0.1, 0.15) is 21.3 Å². The van der Waals surface area contributed by atoms with E-state index in [1.807, 2.05) is 0 Å². The van der Waals surface area contributed by atoms with Gasteiger partial charge in [0.25, 0.3) is 5.69 Å². The van der Waals surface area contributed by atoms with E-state index in [9.17, 15) is 19.7 Å². The average Bonchev–Trinajstić information content (AvgIpc) is 2.53. The molecular weight excluding hydrogens is 316 g/mol. The summed E-state index contributed by atoms with van der Waals surface area (Å²) in [4.78, 5) is 34.9. The Hall–Kier alpha value is -2.19. The molecule has 9 heteroatoms. The van der Waals surface area contributed by atoms with Crippen molar-refractivity contribution < 1.29 is 24.4 Å². The molecule has 1 aromatic rings. The maximum Gasteiger partial charge on any atom is 0.342 e. The Morgan fingerprint density at radius 3 is 2.55 bits per heavy atom. The van der Waals surface area contributed by atoms with Gasteiger partial charge in [-0.2, -0.15) is 0 Å². The van der Waals surface area contributed by atoms with E-state index in [-0.39, 0.29) is 11.5 Å². The number of hydrogen-bond donors (Lipinski definition) is 1. The predicted molar refractivity (Wildman–Crippen MR) is 76.0 cm³/mol. The number of aromatic carboxylic acids is 1. The number of amides is 1. The second kappa shape index (κ2) is 6.71. The molecule has 1 heterocycles. The highest BCUT2D eigenvalue weighted by Gasteiger charge is 2.28. The number of carbonyl (C=O) groups is 2. The molecule has 1 fully saturated rings. The van der Waals surface area contributed by atoms with Gasteiger partial charge >= 0.3 is 5.97 Å². The Morgan fingerprint density at radius 1 is 1.36 bits per heavy atom. The van der Waals surface area contributed by atoms with Crippen LogP contribution in [0.15, 0.2) is 18.2 Å². The lowest BCUT2D eigenvalue weighted by Crippen LogP contribution is -2.42. The molecule has 1 atom stereocenters. The van der Waals surface area contributed by atoms with Crippen LogP contribution in [0.5, 0.6) is 0 Å². The second-order valence-electron chi connectivity index (χ2n) is 4.64. The van der Waals surface area contributed by atoms with Crippen molar-refractivity contribution in [1.29, 1.82) is 0 Å². The lowest BCUT2D eigenvalue weighted by molar-refractivity contribution is -0.385. The van der Waals surface area contributed by atoms with Crippen LogP contribution in [0.25, 0.3) is 0 Å². The summed E-state index contributed by atoms with van der Waals surface area (Å²) in [6.45, 7) is 1.63. The maximum absolute atomic E-state index is 12.3. The molecule has 1 N–H and O–H groups in total. The number of nitrogens with zero attached hydrogens (tertiary/aromatic N) is 2. The molecule has 0 aliphatic carbocycles. The minimum Gasteiger partial charge on any atom is -0.477 e. The van der Waals surface area contributed by atoms with Gasteiger partial charge in [-0.15, -0.1) is 11.6 Å². The van der Waals surface area contributed by atoms with Crippen LogP contribution in [0.3, 0.4) is 0 Å². The first-order valence-electron chi connectivity index (χ1n) is 6.44. The monoisotopic (exact) mass is 328 g/mol. The van der Waals surface area contributed by atoms with Crippen LogP contribution in [0.2, 0.25) is 0 Å². The van der Waals surface area contributed by atoms with Crippen molar-refractivity contribution in [2.75, 3.05) is 26.3 Å². The number of rotatable bonds is 4. The number of alkyl halides is 1. The molecule has 2 rings (SSSR count). The molecule has 1 aromatic carbocycles. The van der Waals surface area contributed by atoms with Crippen LogP contribution < -0.4 is 0 Å². The first kappa shape index (κ1) is 16.2. The number of halogens is 1. The minimum atomic E-state index is -1.45. The zero-order chi connectivity index (χ0) is 16.3. The average molecular weight is 329 g/mol. The van der Waals surface area contributed by atoms with Crippen molar-refractivity contribution >= 4 is 29.2 Å². The van der Waals surface area contributed by atoms with Gasteiger partial charge in [-0.3, -0.25) is 14.9 Å². The quantitative estimate of drug-likeness (QED) is 0.508. The molecule has 1 aliphatic rings. The van der Waals surface area contributed by atoms with Gasteiger partial charge in [-0.25, -0.2) is 4.79 Å². The zero-order valence-electron chi connectivity index (χ0n) is 11.4. The number of ether oxygens (including phenoxy) is 1. The number of carboxylic acid groups (broad SMARTS) is 1. The largest absolute Gasteiger partial charge is 0.477 e. The maximum atomic E-state index is 12.3. The fraction of sp³-hybridized carbons (Fsp3) is 0.385. The molecule has 1 aliphatic heterocycles. The summed E-state index contributed by atoms with van der Waals surface area (Å²) in [6, 6.07) is 3.40. The van der Waals surface area contributed by atoms with Gasteiger partial charge in [-0.05, 0) is 11.6 Å². The van der Waals surface area contributed by atoms with Crippen molar-refractivity contribution in [3.8, 4) is 0 Å². The number of morpholine rings is 1. The van der Waals surface area contributed by atoms with Crippen molar-refractivity contribution in [2.24, 2.45) is 0 Å². The van der Waals surface area contributed by atoms with Gasteiger partial charge in [0, 0.05) is 19.2 Å². The fourth-order valence-corrected chi connectivity index (χ4v) is 2.40. The Bertz CT molecular complexity index is 615. The minimum absolute atomic E-state index is 0.209. The Morgan fingerprint density at radius 2 is 2.00 bits per heavy atom. The van der Waals surface area contributed by atoms with Crippen molar-refractivity contribution in [1.82, 2.24) is 4.90 Å². The van der Waals surface area contributed by atoms with E-state index in [1.165, 1.54) is 11.0 Å². The third kappa shape index (κ3) is 3.34. The predicted octanol–water partition coefficient (Wildman–Crippen LogP) is 1.43. The summed E-state index contributed by atoms with van der Waals surface area (Å²) in [5.41, 5.74) is -0.831. The number of hydrogen-bond acceptors (Lipinski definition) is 5. The summed E-state index contributed by atoms with van der Waals surface area (Å²) in [6.07, 6.45) is 0. The van der Waals surface area contributed by atoms with Crippen LogP contribution in [0, 0.1) is 10.1 Å². The van der Waals surface area contributed by atoms with Crippen molar-refractivity contribution in [3.63, 3.8) is 0 Å². The number of nitro groups is 1. The molecule has 1 unspecified atom stereocenters. The van der Waals surface area contributed by atoms with E-state index in [0.29, 0.717) is 26.3 Å². The fourth-order valence-electron chi connectivity index (χ4n) is 2.13. The van der Waals surface area contributed by atoms with E-state index in [4.69, 9.17) is 21.4 Å². The van der Waals surface area contributed by atoms with Crippen molar-refractivity contribution in [3.05, 3.63) is 39.4 Å². The van der Waals surface area contributed by atoms with Crippen molar-refractivity contribution in [2.45, 2.75) is 5.38 Å². The number of benzene rings is 1. The summed E-state index contributed by atoms with van der Waals surface area (Å²) in [5.74, 6) is -1.83. The number of nitro benzene ring substituents is 1. The molecule has 0 saturated carbocycles. The topological polar surface area (TPSA) is 110 Å². The highest BCUT2D eigenvalue weighted by Crippen LogP contribution is 2.28. The van der Waals surface area contributed by atoms with Gasteiger partial charge in [-0.1, -0.05) is 6.07 Å². The van der Waals surface area contributed by atoms with Gasteiger partial charge in [0.15, 0.2) is 0 Å². The zero-order valence-corrected chi connectivity index (χ0v) is 12.2. The third-order valence-electron chi connectivity index (χ3n) is 3.28. The van der Waals surface area contributed by atoms with Gasteiger partial charge in [0.05, 0.1) is 18.1 Å². The number of carboxylic acids is 1. The van der Waals surface area contributed by atoms with Crippen LogP contribution >= 0.6 is 11.6 Å². The van der Waals surface area contributed by atoms with Gasteiger partial charge < -0.3 is 14.7 Å².